The molecule has 2 heterocycles. The lowest BCUT2D eigenvalue weighted by atomic mass is 9.39. The van der Waals surface area contributed by atoms with Gasteiger partial charge >= 0.3 is 11.9 Å². The van der Waals surface area contributed by atoms with Gasteiger partial charge in [-0.15, -0.1) is 0 Å². The summed E-state index contributed by atoms with van der Waals surface area (Å²) >= 11 is 0. The number of furan rings is 1. The van der Waals surface area contributed by atoms with Gasteiger partial charge in [-0.1, -0.05) is 20.8 Å². The molecule has 0 amide bonds. The first-order chi connectivity index (χ1) is 13.5. The zero-order valence-corrected chi connectivity index (χ0v) is 17.2. The van der Waals surface area contributed by atoms with E-state index in [0.29, 0.717) is 25.0 Å². The van der Waals surface area contributed by atoms with E-state index in [2.05, 4.69) is 0 Å². The van der Waals surface area contributed by atoms with Gasteiger partial charge in [0, 0.05) is 30.2 Å². The number of carbonyl (C=O) groups excluding carboxylic acids is 2. The summed E-state index contributed by atoms with van der Waals surface area (Å²) in [5, 5.41) is 23.6. The van der Waals surface area contributed by atoms with Crippen LogP contribution in [0.4, 0.5) is 0 Å². The van der Waals surface area contributed by atoms with E-state index in [1.807, 2.05) is 20.8 Å². The molecule has 7 heteroatoms. The van der Waals surface area contributed by atoms with E-state index in [1.165, 1.54) is 6.92 Å². The summed E-state index contributed by atoms with van der Waals surface area (Å²) in [6, 6.07) is 1.80. The van der Waals surface area contributed by atoms with Gasteiger partial charge in [0.1, 0.15) is 17.5 Å². The molecule has 3 aliphatic carbocycles. The quantitative estimate of drug-likeness (QED) is 0.689. The number of carbonyl (C=O) groups is 2. The van der Waals surface area contributed by atoms with E-state index < -0.39 is 46.6 Å². The van der Waals surface area contributed by atoms with Crippen LogP contribution in [-0.4, -0.2) is 46.1 Å². The van der Waals surface area contributed by atoms with Crippen LogP contribution in [-0.2, 0) is 25.5 Å². The molecule has 2 unspecified atom stereocenters. The van der Waals surface area contributed by atoms with Crippen LogP contribution in [0.25, 0.3) is 0 Å². The highest BCUT2D eigenvalue weighted by atomic mass is 16.6. The lowest BCUT2D eigenvalue weighted by Gasteiger charge is -2.68. The molecule has 2 N–H and O–H groups in total. The minimum atomic E-state index is -1.57. The molecule has 4 aliphatic rings. The Morgan fingerprint density at radius 2 is 2.03 bits per heavy atom. The molecule has 0 radical (unpaired) electrons. The predicted octanol–water partition coefficient (Wildman–Crippen LogP) is 1.94. The average molecular weight is 404 g/mol. The van der Waals surface area contributed by atoms with Crippen LogP contribution in [0.5, 0.6) is 0 Å². The highest BCUT2D eigenvalue weighted by Gasteiger charge is 2.78. The van der Waals surface area contributed by atoms with Gasteiger partial charge in [0.2, 0.25) is 0 Å². The smallest absolute Gasteiger partial charge is 0.314 e. The van der Waals surface area contributed by atoms with Gasteiger partial charge in [-0.25, -0.2) is 0 Å². The Labute approximate surface area is 169 Å². The van der Waals surface area contributed by atoms with E-state index in [0.717, 1.165) is 5.56 Å². The fourth-order valence-corrected chi connectivity index (χ4v) is 7.19. The number of fused-ring (bicyclic) bond motifs is 4. The molecule has 5 rings (SSSR count). The molecule has 29 heavy (non-hydrogen) atoms. The van der Waals surface area contributed by atoms with Gasteiger partial charge in [0.25, 0.3) is 0 Å². The number of rotatable bonds is 1. The minimum absolute atomic E-state index is 0.256. The standard InChI is InChI=1S/C22H28O7/c1-10(23)28-18-17-16-12(9-13-11(6-8-27-13)15(16)19(25)29-17)21(4)14(24)5-7-20(2,3)22(18,21)26/h6,8,12,14-18,24,26H,5,7,9H2,1-4H3/t12-,14?,15-,16-,17-,18?,21-,22+/m0/s1. The highest BCUT2D eigenvalue weighted by molar-refractivity contribution is 5.82. The van der Waals surface area contributed by atoms with Gasteiger partial charge in [-0.05, 0) is 30.2 Å². The summed E-state index contributed by atoms with van der Waals surface area (Å²) in [7, 11) is 0. The van der Waals surface area contributed by atoms with Crippen molar-refractivity contribution in [3.63, 3.8) is 0 Å². The Kier molecular flexibility index (Phi) is 3.72. The highest BCUT2D eigenvalue weighted by Crippen LogP contribution is 2.69. The molecule has 0 bridgehead atoms. The Morgan fingerprint density at radius 3 is 2.72 bits per heavy atom. The van der Waals surface area contributed by atoms with Crippen molar-refractivity contribution < 1.29 is 33.7 Å². The van der Waals surface area contributed by atoms with Gasteiger partial charge in [0.05, 0.1) is 18.3 Å². The molecule has 158 valence electrons. The SMILES string of the molecule is CC(=O)OC1[C@H]2OC(=O)[C@H]3c4ccoc4C[C@@H]([C@H]23)[C@@]2(C)C(O)CCC(C)(C)[C@]12O. The Bertz CT molecular complexity index is 887. The van der Waals surface area contributed by atoms with Crippen molar-refractivity contribution in [1.82, 2.24) is 0 Å². The Balaban J connectivity index is 1.77. The van der Waals surface area contributed by atoms with Crippen LogP contribution in [0.1, 0.15) is 57.8 Å². The van der Waals surface area contributed by atoms with Crippen LogP contribution in [0.3, 0.4) is 0 Å². The lowest BCUT2D eigenvalue weighted by Crippen LogP contribution is -2.79. The van der Waals surface area contributed by atoms with Crippen LogP contribution in [0.2, 0.25) is 0 Å². The fraction of sp³-hybridized carbons (Fsp3) is 0.727. The molecule has 0 aromatic carbocycles. The molecular weight excluding hydrogens is 376 g/mol. The molecule has 1 saturated heterocycles. The minimum Gasteiger partial charge on any atom is -0.469 e. The van der Waals surface area contributed by atoms with E-state index in [-0.39, 0.29) is 17.8 Å². The largest absolute Gasteiger partial charge is 0.469 e. The van der Waals surface area contributed by atoms with Crippen molar-refractivity contribution in [2.45, 2.75) is 76.8 Å². The zero-order chi connectivity index (χ0) is 20.9. The third kappa shape index (κ3) is 2.05. The van der Waals surface area contributed by atoms with E-state index >= 15 is 0 Å². The molecule has 3 fully saturated rings. The number of hydrogen-bond donors (Lipinski definition) is 2. The Morgan fingerprint density at radius 1 is 1.31 bits per heavy atom. The normalized spacial score (nSPS) is 46.9. The van der Waals surface area contributed by atoms with Crippen molar-refractivity contribution >= 4 is 11.9 Å². The summed E-state index contributed by atoms with van der Waals surface area (Å²) < 4.78 is 17.2. The summed E-state index contributed by atoms with van der Waals surface area (Å²) in [5.74, 6) is -1.31. The molecule has 1 aromatic heterocycles. The first-order valence-corrected chi connectivity index (χ1v) is 10.4. The van der Waals surface area contributed by atoms with Gasteiger partial charge in [-0.2, -0.15) is 0 Å². The van der Waals surface area contributed by atoms with Crippen LogP contribution >= 0.6 is 0 Å². The summed E-state index contributed by atoms with van der Waals surface area (Å²) in [6.45, 7) is 7.04. The van der Waals surface area contributed by atoms with Gasteiger partial charge < -0.3 is 24.1 Å². The first kappa shape index (κ1) is 19.1. The molecule has 2 saturated carbocycles. The summed E-state index contributed by atoms with van der Waals surface area (Å²) in [6.07, 6.45) is 0.544. The number of hydrogen-bond acceptors (Lipinski definition) is 7. The van der Waals surface area contributed by atoms with E-state index in [9.17, 15) is 19.8 Å². The van der Waals surface area contributed by atoms with Crippen molar-refractivity contribution in [3.8, 4) is 0 Å². The van der Waals surface area contributed by atoms with Crippen LogP contribution in [0.15, 0.2) is 16.7 Å². The number of aliphatic hydroxyl groups is 2. The van der Waals surface area contributed by atoms with Crippen molar-refractivity contribution in [1.29, 1.82) is 0 Å². The lowest BCUT2D eigenvalue weighted by molar-refractivity contribution is -0.330. The second-order valence-electron chi connectivity index (χ2n) is 10.1. The maximum Gasteiger partial charge on any atom is 0.314 e. The number of esters is 2. The third-order valence-electron chi connectivity index (χ3n) is 8.62. The Hall–Kier alpha value is -1.86. The fourth-order valence-electron chi connectivity index (χ4n) is 7.19. The molecule has 0 spiro atoms. The van der Waals surface area contributed by atoms with Crippen molar-refractivity contribution in [2.75, 3.05) is 0 Å². The van der Waals surface area contributed by atoms with Gasteiger partial charge in [-0.3, -0.25) is 9.59 Å². The molecule has 8 atom stereocenters. The maximum atomic E-state index is 13.0. The molecule has 1 aromatic rings. The zero-order valence-electron chi connectivity index (χ0n) is 17.2. The van der Waals surface area contributed by atoms with Crippen molar-refractivity contribution in [3.05, 3.63) is 23.7 Å². The maximum absolute atomic E-state index is 13.0. The van der Waals surface area contributed by atoms with E-state index in [4.69, 9.17) is 13.9 Å². The summed E-state index contributed by atoms with van der Waals surface area (Å²) in [4.78, 5) is 25.0. The first-order valence-electron chi connectivity index (χ1n) is 10.4. The second kappa shape index (κ2) is 5.64. The van der Waals surface area contributed by atoms with Crippen LogP contribution in [0, 0.1) is 22.7 Å². The average Bonchev–Trinajstić information content (AvgIpc) is 3.24. The van der Waals surface area contributed by atoms with Gasteiger partial charge in [0.15, 0.2) is 6.10 Å². The van der Waals surface area contributed by atoms with Crippen molar-refractivity contribution in [2.24, 2.45) is 22.7 Å². The molecule has 7 nitrogen and oxygen atoms in total. The molecule has 1 aliphatic heterocycles. The number of aliphatic hydroxyl groups excluding tert-OH is 1. The predicted molar refractivity (Wildman–Crippen MR) is 99.6 cm³/mol. The topological polar surface area (TPSA) is 106 Å². The molecular formula is C22H28O7. The number of ether oxygens (including phenoxy) is 2. The van der Waals surface area contributed by atoms with Crippen LogP contribution < -0.4 is 0 Å². The second-order valence-corrected chi connectivity index (χ2v) is 10.1. The third-order valence-corrected chi connectivity index (χ3v) is 8.62. The summed E-state index contributed by atoms with van der Waals surface area (Å²) in [5.41, 5.74) is -2.44. The monoisotopic (exact) mass is 404 g/mol. The van der Waals surface area contributed by atoms with E-state index in [1.54, 1.807) is 12.3 Å².